The Morgan fingerprint density at radius 1 is 0.900 bits per heavy atom. The molecule has 294 valence electrons. The summed E-state index contributed by atoms with van der Waals surface area (Å²) in [6.07, 6.45) is -7.54. The summed E-state index contributed by atoms with van der Waals surface area (Å²) < 4.78 is 37.3. The zero-order valence-electron chi connectivity index (χ0n) is 32.7. The Bertz CT molecular complexity index is 1090. The average molecular weight is 720 g/mol. The number of hydrogen-bond donors (Lipinski definition) is 5. The maximum Gasteiger partial charge on any atom is 0.311 e. The van der Waals surface area contributed by atoms with Crippen LogP contribution in [0.3, 0.4) is 0 Å². The summed E-state index contributed by atoms with van der Waals surface area (Å²) in [5, 5.41) is 57.7. The Balaban J connectivity index is 2.15. The molecule has 1 unspecified atom stereocenters. The SMILES string of the molecule is CC[C@H]1OC(=O)[C@H](C)[C@@H](O[C@H]2C[C@@](C)(OC)[C@@H](O)[C@H](C)O2)[C@H](C)[C@@H](O[C@@H]2O[C@H](C)C[C@H](N(C)C)[C@H]2O)C(C)(O)C[C@@H](C)C[C@H](C)[C@@H](O)[C@]1(C)O. The van der Waals surface area contributed by atoms with E-state index < -0.39 is 95.8 Å². The summed E-state index contributed by atoms with van der Waals surface area (Å²) >= 11 is 0. The normalized spacial score (nSPS) is 50.5. The van der Waals surface area contributed by atoms with Gasteiger partial charge in [0.05, 0.1) is 47.6 Å². The molecule has 0 saturated carbocycles. The third-order valence-corrected chi connectivity index (χ3v) is 11.8. The van der Waals surface area contributed by atoms with Crippen molar-refractivity contribution in [1.82, 2.24) is 4.90 Å². The van der Waals surface area contributed by atoms with Crippen LogP contribution in [-0.4, -0.2) is 142 Å². The van der Waals surface area contributed by atoms with Crippen LogP contribution >= 0.6 is 0 Å². The maximum absolute atomic E-state index is 14.1. The van der Waals surface area contributed by atoms with Crippen molar-refractivity contribution in [3.63, 3.8) is 0 Å². The van der Waals surface area contributed by atoms with E-state index >= 15 is 0 Å². The second-order valence-electron chi connectivity index (χ2n) is 16.7. The molecule has 3 aliphatic heterocycles. The van der Waals surface area contributed by atoms with Crippen LogP contribution in [0, 0.1) is 23.7 Å². The monoisotopic (exact) mass is 719 g/mol. The fraction of sp³-hybridized carbons (Fsp3) is 0.973. The van der Waals surface area contributed by atoms with E-state index in [1.54, 1.807) is 34.6 Å². The summed E-state index contributed by atoms with van der Waals surface area (Å²) in [5.41, 5.74) is -4.32. The number of aliphatic hydroxyl groups is 5. The van der Waals surface area contributed by atoms with Gasteiger partial charge in [-0.25, -0.2) is 0 Å². The minimum Gasteiger partial charge on any atom is -0.459 e. The quantitative estimate of drug-likeness (QED) is 0.243. The minimum atomic E-state index is -1.75. The highest BCUT2D eigenvalue weighted by Crippen LogP contribution is 2.41. The largest absolute Gasteiger partial charge is 0.459 e. The van der Waals surface area contributed by atoms with Crippen LogP contribution in [0.1, 0.15) is 101 Å². The first-order valence-corrected chi connectivity index (χ1v) is 18.5. The fourth-order valence-electron chi connectivity index (χ4n) is 8.71. The van der Waals surface area contributed by atoms with Gasteiger partial charge in [0.15, 0.2) is 12.6 Å². The molecule has 0 aromatic rings. The standard InChI is InChI=1S/C37H69NO12/c1-14-26-37(10,44)30(40)20(3)15-19(2)17-35(8,43)32(50-34-28(39)25(38(11)12)16-21(4)46-34)22(5)29(23(6)33(42)48-26)49-27-18-36(9,45-13)31(41)24(7)47-27/h19-32,34,39-41,43-44H,14-18H2,1-13H3/t19-,20-,21+,22-,23+,24-,25-,26+,27-,28+,29-,30+,31-,32+,34-,35?,36+,37+/m0/s1. The number of esters is 1. The summed E-state index contributed by atoms with van der Waals surface area (Å²) in [6.45, 7) is 17.6. The van der Waals surface area contributed by atoms with Crippen molar-refractivity contribution in [3.05, 3.63) is 0 Å². The lowest BCUT2D eigenvalue weighted by molar-refractivity contribution is -0.318. The van der Waals surface area contributed by atoms with Gasteiger partial charge in [0.25, 0.3) is 0 Å². The molecule has 3 aliphatic rings. The lowest BCUT2D eigenvalue weighted by atomic mass is 9.74. The Hall–Kier alpha value is -0.970. The number of ether oxygens (including phenoxy) is 6. The van der Waals surface area contributed by atoms with Crippen LogP contribution in [0.15, 0.2) is 0 Å². The number of likely N-dealkylation sites (N-methyl/N-ethyl adjacent to an activating group) is 1. The van der Waals surface area contributed by atoms with Gasteiger partial charge in [-0.1, -0.05) is 27.7 Å². The lowest BCUT2D eigenvalue weighted by Crippen LogP contribution is -2.61. The number of aliphatic hydroxyl groups excluding tert-OH is 3. The zero-order valence-corrected chi connectivity index (χ0v) is 32.7. The average Bonchev–Trinajstić information content (AvgIpc) is 3.02. The number of nitrogens with zero attached hydrogens (tertiary/aromatic N) is 1. The molecule has 0 radical (unpaired) electrons. The molecule has 0 aliphatic carbocycles. The topological polar surface area (TPSA) is 177 Å². The smallest absolute Gasteiger partial charge is 0.311 e. The fourth-order valence-corrected chi connectivity index (χ4v) is 8.71. The molecule has 13 nitrogen and oxygen atoms in total. The number of carbonyl (C=O) groups is 1. The molecule has 5 N–H and O–H groups in total. The van der Waals surface area contributed by atoms with E-state index in [9.17, 15) is 30.3 Å². The highest BCUT2D eigenvalue weighted by molar-refractivity contribution is 5.73. The zero-order chi connectivity index (χ0) is 38.1. The van der Waals surface area contributed by atoms with Crippen molar-refractivity contribution >= 4 is 5.97 Å². The van der Waals surface area contributed by atoms with Crippen molar-refractivity contribution in [2.75, 3.05) is 21.2 Å². The molecule has 3 saturated heterocycles. The van der Waals surface area contributed by atoms with Crippen LogP contribution in [-0.2, 0) is 33.2 Å². The van der Waals surface area contributed by atoms with Gasteiger partial charge in [-0.15, -0.1) is 0 Å². The van der Waals surface area contributed by atoms with Gasteiger partial charge >= 0.3 is 5.97 Å². The molecule has 0 bridgehead atoms. The van der Waals surface area contributed by atoms with Gasteiger partial charge in [0.2, 0.25) is 0 Å². The molecule has 3 rings (SSSR count). The Morgan fingerprint density at radius 3 is 2.08 bits per heavy atom. The first-order chi connectivity index (χ1) is 23.0. The summed E-state index contributed by atoms with van der Waals surface area (Å²) in [4.78, 5) is 16.0. The molecule has 18 atom stereocenters. The molecule has 3 heterocycles. The molecular weight excluding hydrogens is 650 g/mol. The van der Waals surface area contributed by atoms with Crippen LogP contribution in [0.4, 0.5) is 0 Å². The van der Waals surface area contributed by atoms with Crippen molar-refractivity contribution in [2.24, 2.45) is 23.7 Å². The molecule has 0 amide bonds. The van der Waals surface area contributed by atoms with E-state index in [1.165, 1.54) is 14.0 Å². The number of hydrogen-bond acceptors (Lipinski definition) is 13. The highest BCUT2D eigenvalue weighted by atomic mass is 16.7. The Labute approximate surface area is 299 Å². The van der Waals surface area contributed by atoms with E-state index in [-0.39, 0.29) is 37.3 Å². The molecule has 0 aromatic heterocycles. The Kier molecular flexibility index (Phi) is 14.8. The van der Waals surface area contributed by atoms with Gasteiger partial charge in [-0.2, -0.15) is 0 Å². The van der Waals surface area contributed by atoms with Gasteiger partial charge in [0.1, 0.15) is 23.9 Å². The van der Waals surface area contributed by atoms with Crippen molar-refractivity contribution in [3.8, 4) is 0 Å². The van der Waals surface area contributed by atoms with Crippen LogP contribution in [0.25, 0.3) is 0 Å². The summed E-state index contributed by atoms with van der Waals surface area (Å²) in [6, 6.07) is -0.265. The van der Waals surface area contributed by atoms with Crippen molar-refractivity contribution in [2.45, 2.75) is 186 Å². The summed E-state index contributed by atoms with van der Waals surface area (Å²) in [7, 11) is 5.28. The van der Waals surface area contributed by atoms with Gasteiger partial charge in [-0.05, 0) is 93.2 Å². The van der Waals surface area contributed by atoms with Crippen molar-refractivity contribution < 1.29 is 58.7 Å². The van der Waals surface area contributed by atoms with Crippen LogP contribution in [0.5, 0.6) is 0 Å². The second-order valence-corrected chi connectivity index (χ2v) is 16.7. The van der Waals surface area contributed by atoms with Crippen LogP contribution in [0.2, 0.25) is 0 Å². The molecular formula is C37H69NO12. The van der Waals surface area contributed by atoms with E-state index in [0.29, 0.717) is 12.8 Å². The summed E-state index contributed by atoms with van der Waals surface area (Å²) in [5.74, 6) is -2.94. The molecule has 3 fully saturated rings. The third kappa shape index (κ3) is 9.57. The molecule has 50 heavy (non-hydrogen) atoms. The predicted molar refractivity (Wildman–Crippen MR) is 186 cm³/mol. The van der Waals surface area contributed by atoms with E-state index in [1.807, 2.05) is 46.7 Å². The first-order valence-electron chi connectivity index (χ1n) is 18.5. The van der Waals surface area contributed by atoms with E-state index in [0.717, 1.165) is 0 Å². The second kappa shape index (κ2) is 17.0. The van der Waals surface area contributed by atoms with Gasteiger partial charge in [-0.3, -0.25) is 4.79 Å². The molecule has 0 aromatic carbocycles. The third-order valence-electron chi connectivity index (χ3n) is 11.8. The lowest BCUT2D eigenvalue weighted by Gasteiger charge is -2.49. The van der Waals surface area contributed by atoms with Gasteiger partial charge in [0, 0.05) is 25.5 Å². The maximum atomic E-state index is 14.1. The highest BCUT2D eigenvalue weighted by Gasteiger charge is 2.52. The molecule has 0 spiro atoms. The first kappa shape index (κ1) is 43.4. The Morgan fingerprint density at radius 2 is 1.52 bits per heavy atom. The molecule has 13 heteroatoms. The predicted octanol–water partition coefficient (Wildman–Crippen LogP) is 2.61. The van der Waals surface area contributed by atoms with Gasteiger partial charge < -0.3 is 58.9 Å². The number of rotatable bonds is 7. The number of carbonyl (C=O) groups excluding carboxylic acids is 1. The number of methoxy groups -OCH3 is 1. The van der Waals surface area contributed by atoms with E-state index in [4.69, 9.17) is 28.4 Å². The number of cyclic esters (lactones) is 1. The van der Waals surface area contributed by atoms with Crippen LogP contribution < -0.4 is 0 Å². The minimum absolute atomic E-state index is 0.141. The van der Waals surface area contributed by atoms with E-state index in [2.05, 4.69) is 0 Å². The van der Waals surface area contributed by atoms with Crippen molar-refractivity contribution in [1.29, 1.82) is 0 Å².